The van der Waals surface area contributed by atoms with Crippen molar-refractivity contribution in [3.63, 3.8) is 0 Å². The van der Waals surface area contributed by atoms with Crippen molar-refractivity contribution in [3.8, 4) is 23.6 Å². The molecule has 0 fully saturated rings. The fourth-order valence-electron chi connectivity index (χ4n) is 4.34. The number of benzene rings is 1. The Hall–Kier alpha value is -4.34. The second-order valence-electron chi connectivity index (χ2n) is 8.33. The summed E-state index contributed by atoms with van der Waals surface area (Å²) in [7, 11) is 1.60. The Morgan fingerprint density at radius 2 is 1.94 bits per heavy atom. The molecular weight excluding hydrogens is 476 g/mol. The van der Waals surface area contributed by atoms with Gasteiger partial charge in [-0.15, -0.1) is 11.3 Å². The highest BCUT2D eigenvalue weighted by Gasteiger charge is 2.23. The number of carbonyl (C=O) groups is 2. The van der Waals surface area contributed by atoms with E-state index in [4.69, 9.17) is 9.47 Å². The molecule has 0 atom stereocenters. The Labute approximate surface area is 213 Å². The molecule has 8 nitrogen and oxygen atoms in total. The van der Waals surface area contributed by atoms with Crippen LogP contribution in [0.2, 0.25) is 0 Å². The van der Waals surface area contributed by atoms with E-state index in [2.05, 4.69) is 11.4 Å². The zero-order valence-electron chi connectivity index (χ0n) is 20.2. The van der Waals surface area contributed by atoms with Crippen LogP contribution < -0.4 is 10.1 Å². The van der Waals surface area contributed by atoms with Crippen molar-refractivity contribution >= 4 is 34.3 Å². The van der Waals surface area contributed by atoms with E-state index in [0.717, 1.165) is 52.5 Å². The molecule has 1 aromatic carbocycles. The summed E-state index contributed by atoms with van der Waals surface area (Å²) in [5, 5.41) is 22.2. The highest BCUT2D eigenvalue weighted by Crippen LogP contribution is 2.38. The fraction of sp³-hybridized carbons (Fsp3) is 0.259. The molecule has 0 unspecified atom stereocenters. The van der Waals surface area contributed by atoms with Crippen LogP contribution in [-0.2, 0) is 27.2 Å². The van der Waals surface area contributed by atoms with Crippen LogP contribution in [0.25, 0.3) is 11.8 Å². The number of carbonyl (C=O) groups excluding carboxylic acids is 2. The molecule has 1 aliphatic carbocycles. The maximum Gasteiger partial charge on any atom is 0.349 e. The summed E-state index contributed by atoms with van der Waals surface area (Å²) in [5.41, 5.74) is 4.63. The third-order valence-electron chi connectivity index (χ3n) is 6.06. The van der Waals surface area contributed by atoms with Crippen molar-refractivity contribution in [2.75, 3.05) is 19.0 Å². The number of esters is 1. The van der Waals surface area contributed by atoms with Gasteiger partial charge in [-0.3, -0.25) is 4.79 Å². The van der Waals surface area contributed by atoms with E-state index in [1.165, 1.54) is 17.4 Å². The first-order valence-corrected chi connectivity index (χ1v) is 12.1. The standard InChI is InChI=1S/C27H24N4O4S/c1-16-11-18(17(2)31(16)20-7-9-21(34-3)10-8-20)12-19(13-28)27(33)35-15-25(32)30-26-23(14-29)22-5-4-6-24(22)36-26/h7-12H,4-6,15H2,1-3H3,(H,30,32). The molecule has 1 N–H and O–H groups in total. The molecule has 0 spiro atoms. The number of thiophene rings is 1. The van der Waals surface area contributed by atoms with Crippen molar-refractivity contribution in [1.29, 1.82) is 10.5 Å². The van der Waals surface area contributed by atoms with Gasteiger partial charge in [0, 0.05) is 22.0 Å². The SMILES string of the molecule is COc1ccc(-n2c(C)cc(C=C(C#N)C(=O)OCC(=O)Nc3sc4c(c3C#N)CCC4)c2C)cc1. The number of fused-ring (bicyclic) bond motifs is 1. The number of ether oxygens (including phenoxy) is 2. The van der Waals surface area contributed by atoms with Crippen molar-refractivity contribution in [2.45, 2.75) is 33.1 Å². The number of hydrogen-bond donors (Lipinski definition) is 1. The van der Waals surface area contributed by atoms with Crippen molar-refractivity contribution in [2.24, 2.45) is 0 Å². The summed E-state index contributed by atoms with van der Waals surface area (Å²) < 4.78 is 12.3. The summed E-state index contributed by atoms with van der Waals surface area (Å²) >= 11 is 1.39. The number of nitrogens with zero attached hydrogens (tertiary/aromatic N) is 3. The fourth-order valence-corrected chi connectivity index (χ4v) is 5.59. The first-order valence-electron chi connectivity index (χ1n) is 11.3. The average Bonchev–Trinajstić information content (AvgIpc) is 3.53. The van der Waals surface area contributed by atoms with Crippen molar-refractivity contribution in [3.05, 3.63) is 68.9 Å². The Kier molecular flexibility index (Phi) is 7.23. The maximum absolute atomic E-state index is 12.6. The Morgan fingerprint density at radius 3 is 2.61 bits per heavy atom. The molecule has 0 saturated carbocycles. The summed E-state index contributed by atoms with van der Waals surface area (Å²) in [6.45, 7) is 3.26. The van der Waals surface area contributed by atoms with E-state index in [1.807, 2.05) is 54.8 Å². The molecule has 1 aliphatic rings. The topological polar surface area (TPSA) is 117 Å². The van der Waals surface area contributed by atoms with E-state index in [-0.39, 0.29) is 5.57 Å². The van der Waals surface area contributed by atoms with Gasteiger partial charge in [0.25, 0.3) is 5.91 Å². The molecule has 2 aromatic heterocycles. The average molecular weight is 501 g/mol. The third-order valence-corrected chi connectivity index (χ3v) is 7.27. The number of hydrogen-bond acceptors (Lipinski definition) is 7. The second-order valence-corrected chi connectivity index (χ2v) is 9.43. The largest absolute Gasteiger partial charge is 0.497 e. The van der Waals surface area contributed by atoms with Crippen LogP contribution in [0.1, 0.15) is 39.4 Å². The highest BCUT2D eigenvalue weighted by atomic mass is 32.1. The first kappa shape index (κ1) is 24.8. The minimum Gasteiger partial charge on any atom is -0.497 e. The maximum atomic E-state index is 12.6. The highest BCUT2D eigenvalue weighted by molar-refractivity contribution is 7.16. The van der Waals surface area contributed by atoms with Gasteiger partial charge in [-0.2, -0.15) is 10.5 Å². The van der Waals surface area contributed by atoms with Gasteiger partial charge in [0.05, 0.1) is 12.7 Å². The summed E-state index contributed by atoms with van der Waals surface area (Å²) in [6.07, 6.45) is 4.19. The Balaban J connectivity index is 1.45. The zero-order chi connectivity index (χ0) is 25.8. The number of aryl methyl sites for hydroxylation is 2. The Morgan fingerprint density at radius 1 is 1.19 bits per heavy atom. The smallest absolute Gasteiger partial charge is 0.349 e. The van der Waals surface area contributed by atoms with E-state index < -0.39 is 18.5 Å². The zero-order valence-corrected chi connectivity index (χ0v) is 21.0. The molecule has 182 valence electrons. The van der Waals surface area contributed by atoms with Gasteiger partial charge in [-0.1, -0.05) is 0 Å². The lowest BCUT2D eigenvalue weighted by molar-refractivity contribution is -0.142. The molecule has 3 aromatic rings. The van der Waals surface area contributed by atoms with E-state index >= 15 is 0 Å². The molecule has 1 amide bonds. The Bertz CT molecular complexity index is 1450. The van der Waals surface area contributed by atoms with Gasteiger partial charge in [0.2, 0.25) is 0 Å². The minimum absolute atomic E-state index is 0.217. The molecule has 9 heteroatoms. The summed E-state index contributed by atoms with van der Waals surface area (Å²) in [4.78, 5) is 26.0. The lowest BCUT2D eigenvalue weighted by atomic mass is 10.1. The van der Waals surface area contributed by atoms with Gasteiger partial charge < -0.3 is 19.4 Å². The van der Waals surface area contributed by atoms with Gasteiger partial charge in [-0.25, -0.2) is 4.79 Å². The number of amides is 1. The van der Waals surface area contributed by atoms with Crippen LogP contribution in [-0.4, -0.2) is 30.2 Å². The normalized spacial score (nSPS) is 12.4. The van der Waals surface area contributed by atoms with Crippen LogP contribution in [0.15, 0.2) is 35.9 Å². The summed E-state index contributed by atoms with van der Waals surface area (Å²) in [5.74, 6) is -0.710. The second kappa shape index (κ2) is 10.5. The van der Waals surface area contributed by atoms with Crippen LogP contribution in [0.3, 0.4) is 0 Å². The molecule has 0 radical (unpaired) electrons. The number of anilines is 1. The molecule has 0 aliphatic heterocycles. The third kappa shape index (κ3) is 4.88. The van der Waals surface area contributed by atoms with Crippen LogP contribution in [0, 0.1) is 36.5 Å². The molecule has 2 heterocycles. The van der Waals surface area contributed by atoms with Gasteiger partial charge in [-0.05, 0) is 80.6 Å². The van der Waals surface area contributed by atoms with Crippen molar-refractivity contribution < 1.29 is 19.1 Å². The number of nitriles is 2. The lowest BCUT2D eigenvalue weighted by Crippen LogP contribution is -2.21. The van der Waals surface area contributed by atoms with Gasteiger partial charge in [0.15, 0.2) is 6.61 Å². The molecular formula is C27H24N4O4S. The summed E-state index contributed by atoms with van der Waals surface area (Å²) in [6, 6.07) is 13.5. The quantitative estimate of drug-likeness (QED) is 0.288. The monoisotopic (exact) mass is 500 g/mol. The van der Waals surface area contributed by atoms with E-state index in [1.54, 1.807) is 7.11 Å². The number of nitrogens with one attached hydrogen (secondary N) is 1. The van der Waals surface area contributed by atoms with E-state index in [0.29, 0.717) is 16.1 Å². The molecule has 4 rings (SSSR count). The van der Waals surface area contributed by atoms with E-state index in [9.17, 15) is 20.1 Å². The van der Waals surface area contributed by atoms with Crippen LogP contribution >= 0.6 is 11.3 Å². The molecule has 0 saturated heterocycles. The first-order chi connectivity index (χ1) is 17.4. The number of aromatic nitrogens is 1. The molecule has 0 bridgehead atoms. The van der Waals surface area contributed by atoms with Gasteiger partial charge in [0.1, 0.15) is 28.5 Å². The number of rotatable bonds is 7. The van der Waals surface area contributed by atoms with Crippen LogP contribution in [0.5, 0.6) is 5.75 Å². The minimum atomic E-state index is -0.893. The molecule has 36 heavy (non-hydrogen) atoms. The van der Waals surface area contributed by atoms with Crippen molar-refractivity contribution in [1.82, 2.24) is 4.57 Å². The predicted octanol–water partition coefficient (Wildman–Crippen LogP) is 4.61. The number of methoxy groups -OCH3 is 1. The predicted molar refractivity (Wildman–Crippen MR) is 136 cm³/mol. The lowest BCUT2D eigenvalue weighted by Gasteiger charge is -2.10. The van der Waals surface area contributed by atoms with Gasteiger partial charge >= 0.3 is 5.97 Å². The van der Waals surface area contributed by atoms with Crippen LogP contribution in [0.4, 0.5) is 5.00 Å².